The smallest absolute Gasteiger partial charge is 0.214 e. The molecule has 0 amide bonds. The van der Waals surface area contributed by atoms with E-state index in [4.69, 9.17) is 5.73 Å². The topological polar surface area (TPSA) is 68.9 Å². The van der Waals surface area contributed by atoms with Crippen molar-refractivity contribution in [1.82, 2.24) is 9.97 Å². The Kier molecular flexibility index (Phi) is 4.68. The number of aldehydes is 1. The molecule has 0 bridgehead atoms. The van der Waals surface area contributed by atoms with Crippen LogP contribution in [0, 0.1) is 11.8 Å². The van der Waals surface area contributed by atoms with Gasteiger partial charge in [-0.1, -0.05) is 6.07 Å². The monoisotopic (exact) mass is 237 g/mol. The number of hydrogen-bond acceptors (Lipinski definition) is 4. The molecule has 0 spiro atoms. The number of aromatic nitrogens is 2. The molecule has 0 unspecified atom stereocenters. The fourth-order valence-electron chi connectivity index (χ4n) is 0.900. The van der Waals surface area contributed by atoms with E-state index in [2.05, 4.69) is 9.97 Å². The predicted octanol–water partition coefficient (Wildman–Crippen LogP) is 1.84. The summed E-state index contributed by atoms with van der Waals surface area (Å²) in [5.74, 6) is -0.852. The maximum atomic E-state index is 12.3. The van der Waals surface area contributed by atoms with E-state index in [1.807, 2.05) is 0 Å². The van der Waals surface area contributed by atoms with Gasteiger partial charge in [-0.15, -0.1) is 0 Å². The molecule has 88 valence electrons. The molecule has 0 aliphatic carbocycles. The molecule has 0 atom stereocenters. The van der Waals surface area contributed by atoms with Gasteiger partial charge < -0.3 is 5.73 Å². The second-order valence-electron chi connectivity index (χ2n) is 2.90. The Morgan fingerprint density at radius 1 is 1.24 bits per heavy atom. The van der Waals surface area contributed by atoms with Crippen LogP contribution in [-0.4, -0.2) is 16.3 Å². The molecule has 0 aromatic carbocycles. The number of anilines is 1. The highest BCUT2D eigenvalue weighted by Crippen LogP contribution is 1.99. The normalized spacial score (nSPS) is 9.06. The van der Waals surface area contributed by atoms with Crippen molar-refractivity contribution >= 4 is 12.1 Å². The Bertz CT molecular complexity index is 488. The Hall–Kier alpha value is -2.37. The number of hydrogen-bond donors (Lipinski definition) is 1. The van der Waals surface area contributed by atoms with Crippen LogP contribution in [0.1, 0.15) is 10.4 Å². The summed E-state index contributed by atoms with van der Waals surface area (Å²) in [6.07, 6.45) is 2.91. The molecule has 0 radical (unpaired) electrons. The Morgan fingerprint density at radius 3 is 2.41 bits per heavy atom. The molecule has 0 saturated heterocycles. The van der Waals surface area contributed by atoms with E-state index < -0.39 is 11.8 Å². The van der Waals surface area contributed by atoms with Crippen LogP contribution in [0.2, 0.25) is 0 Å². The number of carbonyl (C=O) groups is 1. The molecule has 0 fully saturated rings. The quantitative estimate of drug-likeness (QED) is 0.607. The second kappa shape index (κ2) is 6.26. The molecule has 4 nitrogen and oxygen atoms in total. The first-order valence-corrected chi connectivity index (χ1v) is 4.56. The van der Waals surface area contributed by atoms with Crippen molar-refractivity contribution < 1.29 is 13.6 Å². The number of nitrogen functional groups attached to an aromatic ring is 1. The lowest BCUT2D eigenvalue weighted by Gasteiger charge is -1.87. The first-order valence-electron chi connectivity index (χ1n) is 4.56. The zero-order chi connectivity index (χ0) is 12.7. The van der Waals surface area contributed by atoms with Crippen LogP contribution in [0.3, 0.4) is 0 Å². The van der Waals surface area contributed by atoms with E-state index in [0.29, 0.717) is 6.29 Å². The van der Waals surface area contributed by atoms with Crippen molar-refractivity contribution in [2.75, 3.05) is 5.73 Å². The summed E-state index contributed by atoms with van der Waals surface area (Å²) in [7, 11) is 0. The largest absolute Gasteiger partial charge is 0.384 e. The van der Waals surface area contributed by atoms with Crippen LogP contribution in [0.15, 0.2) is 36.7 Å². The highest BCUT2D eigenvalue weighted by atomic mass is 19.1. The highest BCUT2D eigenvalue weighted by Gasteiger charge is 1.95. The molecule has 2 aromatic heterocycles. The molecule has 2 heterocycles. The van der Waals surface area contributed by atoms with Gasteiger partial charge >= 0.3 is 0 Å². The first-order chi connectivity index (χ1) is 8.13. The molecule has 6 heteroatoms. The van der Waals surface area contributed by atoms with E-state index in [-0.39, 0.29) is 11.4 Å². The summed E-state index contributed by atoms with van der Waals surface area (Å²) >= 11 is 0. The van der Waals surface area contributed by atoms with Gasteiger partial charge in [0.05, 0.1) is 5.56 Å². The number of nitrogens with zero attached hydrogens (tertiary/aromatic N) is 2. The standard InChI is InChI=1S/C6H4FNO.C5H5FN2/c7-6-1-2-8-3-5(6)4-9;6-4-2-1-3-5(7)8-4/h1-4H;1-3H,(H2,7,8). The maximum Gasteiger partial charge on any atom is 0.214 e. The summed E-state index contributed by atoms with van der Waals surface area (Å²) in [6.45, 7) is 0. The van der Waals surface area contributed by atoms with Crippen LogP contribution < -0.4 is 5.73 Å². The van der Waals surface area contributed by atoms with Gasteiger partial charge in [0.15, 0.2) is 6.29 Å². The molecular formula is C11H9F2N3O. The van der Waals surface area contributed by atoms with Gasteiger partial charge in [0.1, 0.15) is 11.6 Å². The maximum absolute atomic E-state index is 12.3. The number of rotatable bonds is 1. The Morgan fingerprint density at radius 2 is 2.00 bits per heavy atom. The van der Waals surface area contributed by atoms with Gasteiger partial charge in [-0.05, 0) is 18.2 Å². The van der Waals surface area contributed by atoms with Gasteiger partial charge in [0, 0.05) is 12.4 Å². The zero-order valence-electron chi connectivity index (χ0n) is 8.68. The fourth-order valence-corrected chi connectivity index (χ4v) is 0.900. The molecule has 2 N–H and O–H groups in total. The lowest BCUT2D eigenvalue weighted by atomic mass is 10.3. The Balaban J connectivity index is 0.000000171. The first kappa shape index (κ1) is 12.7. The minimum absolute atomic E-state index is 0.00231. The molecule has 0 saturated carbocycles. The van der Waals surface area contributed by atoms with Crippen LogP contribution in [0.25, 0.3) is 0 Å². The lowest BCUT2D eigenvalue weighted by molar-refractivity contribution is 0.111. The minimum atomic E-state index is -0.537. The van der Waals surface area contributed by atoms with Crippen LogP contribution >= 0.6 is 0 Å². The van der Waals surface area contributed by atoms with Gasteiger partial charge in [0.2, 0.25) is 5.95 Å². The SMILES string of the molecule is Nc1cccc(F)n1.O=Cc1cnccc1F. The predicted molar refractivity (Wildman–Crippen MR) is 58.2 cm³/mol. The van der Waals surface area contributed by atoms with E-state index in [1.54, 1.807) is 0 Å². The second-order valence-corrected chi connectivity index (χ2v) is 2.90. The highest BCUT2D eigenvalue weighted by molar-refractivity contribution is 5.74. The summed E-state index contributed by atoms with van der Waals surface area (Å²) in [5, 5.41) is 0. The Labute approximate surface area is 96.1 Å². The van der Waals surface area contributed by atoms with E-state index in [1.165, 1.54) is 30.6 Å². The molecule has 17 heavy (non-hydrogen) atoms. The third-order valence-electron chi connectivity index (χ3n) is 1.66. The summed E-state index contributed by atoms with van der Waals surface area (Å²) in [4.78, 5) is 16.8. The number of halogens is 2. The third-order valence-corrected chi connectivity index (χ3v) is 1.66. The molecule has 0 aliphatic heterocycles. The molecule has 0 aliphatic rings. The average Bonchev–Trinajstić information content (AvgIpc) is 2.30. The van der Waals surface area contributed by atoms with Gasteiger partial charge in [-0.3, -0.25) is 9.78 Å². The number of carbonyl (C=O) groups excluding carboxylic acids is 1. The summed E-state index contributed by atoms with van der Waals surface area (Å²) < 4.78 is 24.3. The molecule has 2 rings (SSSR count). The molecular weight excluding hydrogens is 228 g/mol. The fraction of sp³-hybridized carbons (Fsp3) is 0. The lowest BCUT2D eigenvalue weighted by Crippen LogP contribution is -1.90. The van der Waals surface area contributed by atoms with Crippen molar-refractivity contribution in [2.24, 2.45) is 0 Å². The van der Waals surface area contributed by atoms with Gasteiger partial charge in [0.25, 0.3) is 0 Å². The van der Waals surface area contributed by atoms with Crippen molar-refractivity contribution in [3.8, 4) is 0 Å². The van der Waals surface area contributed by atoms with Gasteiger partial charge in [-0.25, -0.2) is 9.37 Å². The van der Waals surface area contributed by atoms with Crippen molar-refractivity contribution in [3.63, 3.8) is 0 Å². The number of nitrogens with two attached hydrogens (primary N) is 1. The van der Waals surface area contributed by atoms with E-state index in [0.717, 1.165) is 6.07 Å². The summed E-state index contributed by atoms with van der Waals surface area (Å²) in [5.41, 5.74) is 5.11. The van der Waals surface area contributed by atoms with Crippen LogP contribution in [0.5, 0.6) is 0 Å². The third kappa shape index (κ3) is 4.33. The number of pyridine rings is 2. The van der Waals surface area contributed by atoms with E-state index in [9.17, 15) is 13.6 Å². The average molecular weight is 237 g/mol. The van der Waals surface area contributed by atoms with Gasteiger partial charge in [-0.2, -0.15) is 4.39 Å². The zero-order valence-corrected chi connectivity index (χ0v) is 8.68. The van der Waals surface area contributed by atoms with Crippen LogP contribution in [0.4, 0.5) is 14.6 Å². The van der Waals surface area contributed by atoms with Crippen molar-refractivity contribution in [1.29, 1.82) is 0 Å². The summed E-state index contributed by atoms with van der Waals surface area (Å²) in [6, 6.07) is 5.43. The molecule has 2 aromatic rings. The van der Waals surface area contributed by atoms with Crippen molar-refractivity contribution in [2.45, 2.75) is 0 Å². The van der Waals surface area contributed by atoms with Crippen molar-refractivity contribution in [3.05, 3.63) is 54.0 Å². The minimum Gasteiger partial charge on any atom is -0.384 e. The van der Waals surface area contributed by atoms with Crippen LogP contribution in [-0.2, 0) is 0 Å². The van der Waals surface area contributed by atoms with E-state index >= 15 is 0 Å².